The summed E-state index contributed by atoms with van der Waals surface area (Å²) in [5, 5.41) is 8.03. The quantitative estimate of drug-likeness (QED) is 0.649. The first-order valence-corrected chi connectivity index (χ1v) is 9.93. The molecule has 1 fully saturated rings. The maximum Gasteiger partial charge on any atom is 0.273 e. The standard InChI is InChI=1S/C22H19ClFN3O/c23-15-10-8-13(9-11-15)19-18-20(26-25-19)22(28)27(17-6-1-2-7-17)21(18)14-4-3-5-16(24)12-14/h3-5,8-12,17,21H,1-2,6-7H2,(H,25,26). The predicted octanol–water partition coefficient (Wildman–Crippen LogP) is 5.36. The Morgan fingerprint density at radius 1 is 1.11 bits per heavy atom. The number of amides is 1. The highest BCUT2D eigenvalue weighted by atomic mass is 35.5. The fraction of sp³-hybridized carbons (Fsp3) is 0.273. The molecule has 6 heteroatoms. The smallest absolute Gasteiger partial charge is 0.273 e. The van der Waals surface area contributed by atoms with Gasteiger partial charge in [0, 0.05) is 22.2 Å². The molecule has 4 nitrogen and oxygen atoms in total. The normalized spacial score (nSPS) is 19.4. The average Bonchev–Trinajstić information content (AvgIpc) is 3.40. The van der Waals surface area contributed by atoms with E-state index in [1.807, 2.05) is 23.1 Å². The summed E-state index contributed by atoms with van der Waals surface area (Å²) >= 11 is 6.03. The number of benzene rings is 2. The maximum atomic E-state index is 14.1. The number of fused-ring (bicyclic) bond motifs is 1. The Bertz CT molecular complexity index is 1040. The summed E-state index contributed by atoms with van der Waals surface area (Å²) in [6, 6.07) is 13.8. The second kappa shape index (κ2) is 6.74. The fourth-order valence-electron chi connectivity index (χ4n) is 4.56. The molecule has 142 valence electrons. The maximum absolute atomic E-state index is 14.1. The first-order valence-electron chi connectivity index (χ1n) is 9.56. The summed E-state index contributed by atoms with van der Waals surface area (Å²) in [5.74, 6) is -0.356. The lowest BCUT2D eigenvalue weighted by Crippen LogP contribution is -2.37. The number of rotatable bonds is 3. The van der Waals surface area contributed by atoms with Gasteiger partial charge in [0.1, 0.15) is 11.5 Å². The zero-order chi connectivity index (χ0) is 19.3. The third kappa shape index (κ3) is 2.73. The average molecular weight is 396 g/mol. The molecule has 2 heterocycles. The molecule has 28 heavy (non-hydrogen) atoms. The van der Waals surface area contributed by atoms with Crippen LogP contribution in [0.5, 0.6) is 0 Å². The summed E-state index contributed by atoms with van der Waals surface area (Å²) < 4.78 is 14.1. The number of hydrogen-bond acceptors (Lipinski definition) is 2. The molecular weight excluding hydrogens is 377 g/mol. The van der Waals surface area contributed by atoms with Crippen molar-refractivity contribution < 1.29 is 9.18 Å². The van der Waals surface area contributed by atoms with E-state index in [0.717, 1.165) is 48.1 Å². The Balaban J connectivity index is 1.68. The van der Waals surface area contributed by atoms with Crippen LogP contribution in [0.1, 0.15) is 53.3 Å². The predicted molar refractivity (Wildman–Crippen MR) is 106 cm³/mol. The van der Waals surface area contributed by atoms with Crippen molar-refractivity contribution in [2.75, 3.05) is 0 Å². The van der Waals surface area contributed by atoms with Crippen LogP contribution in [-0.2, 0) is 0 Å². The number of carbonyl (C=O) groups is 1. The van der Waals surface area contributed by atoms with E-state index in [1.54, 1.807) is 18.2 Å². The second-order valence-electron chi connectivity index (χ2n) is 7.48. The highest BCUT2D eigenvalue weighted by Crippen LogP contribution is 2.46. The van der Waals surface area contributed by atoms with Crippen molar-refractivity contribution in [1.29, 1.82) is 0 Å². The van der Waals surface area contributed by atoms with Gasteiger partial charge < -0.3 is 4.90 Å². The molecular formula is C22H19ClFN3O. The van der Waals surface area contributed by atoms with Gasteiger partial charge in [-0.3, -0.25) is 9.89 Å². The van der Waals surface area contributed by atoms with Crippen molar-refractivity contribution in [3.05, 3.63) is 76.2 Å². The zero-order valence-corrected chi connectivity index (χ0v) is 15.9. The minimum Gasteiger partial charge on any atom is -0.323 e. The third-order valence-corrected chi connectivity index (χ3v) is 6.06. The number of halogens is 2. The molecule has 1 atom stereocenters. The number of nitrogens with zero attached hydrogens (tertiary/aromatic N) is 2. The van der Waals surface area contributed by atoms with Crippen LogP contribution in [0.4, 0.5) is 4.39 Å². The van der Waals surface area contributed by atoms with Gasteiger partial charge >= 0.3 is 0 Å². The van der Waals surface area contributed by atoms with Crippen LogP contribution in [0.2, 0.25) is 5.02 Å². The Morgan fingerprint density at radius 3 is 2.57 bits per heavy atom. The molecule has 1 unspecified atom stereocenters. The lowest BCUT2D eigenvalue weighted by molar-refractivity contribution is 0.0660. The molecule has 1 aromatic heterocycles. The van der Waals surface area contributed by atoms with Gasteiger partial charge in [-0.25, -0.2) is 4.39 Å². The first kappa shape index (κ1) is 17.4. The lowest BCUT2D eigenvalue weighted by Gasteiger charge is -2.31. The Labute approximate surface area is 167 Å². The van der Waals surface area contributed by atoms with Crippen LogP contribution < -0.4 is 0 Å². The fourth-order valence-corrected chi connectivity index (χ4v) is 4.68. The molecule has 2 aromatic carbocycles. The molecule has 1 amide bonds. The summed E-state index contributed by atoms with van der Waals surface area (Å²) in [4.78, 5) is 15.2. The van der Waals surface area contributed by atoms with Gasteiger partial charge in [0.25, 0.3) is 5.91 Å². The number of aromatic nitrogens is 2. The van der Waals surface area contributed by atoms with E-state index in [1.165, 1.54) is 12.1 Å². The third-order valence-electron chi connectivity index (χ3n) is 5.80. The van der Waals surface area contributed by atoms with Crippen LogP contribution in [0, 0.1) is 5.82 Å². The van der Waals surface area contributed by atoms with Gasteiger partial charge in [-0.05, 0) is 42.7 Å². The monoisotopic (exact) mass is 395 g/mol. The van der Waals surface area contributed by atoms with Gasteiger partial charge in [0.15, 0.2) is 0 Å². The van der Waals surface area contributed by atoms with Gasteiger partial charge in [0.05, 0.1) is 11.7 Å². The molecule has 3 aromatic rings. The minimum absolute atomic E-state index is 0.0520. The molecule has 0 radical (unpaired) electrons. The number of hydrogen-bond donors (Lipinski definition) is 1. The van der Waals surface area contributed by atoms with E-state index in [4.69, 9.17) is 11.6 Å². The highest BCUT2D eigenvalue weighted by Gasteiger charge is 2.45. The molecule has 5 rings (SSSR count). The molecule has 2 aliphatic rings. The van der Waals surface area contributed by atoms with Gasteiger partial charge in [-0.15, -0.1) is 0 Å². The van der Waals surface area contributed by atoms with Crippen LogP contribution in [0.15, 0.2) is 48.5 Å². The molecule has 1 aliphatic heterocycles. The van der Waals surface area contributed by atoms with Crippen LogP contribution in [0.3, 0.4) is 0 Å². The number of aromatic amines is 1. The van der Waals surface area contributed by atoms with E-state index in [9.17, 15) is 9.18 Å². The second-order valence-corrected chi connectivity index (χ2v) is 7.91. The molecule has 1 saturated carbocycles. The number of nitrogens with one attached hydrogen (secondary N) is 1. The van der Waals surface area contributed by atoms with Gasteiger partial charge in [-0.1, -0.05) is 48.7 Å². The minimum atomic E-state index is -0.342. The Kier molecular flexibility index (Phi) is 4.20. The topological polar surface area (TPSA) is 49.0 Å². The van der Waals surface area contributed by atoms with Crippen molar-refractivity contribution in [2.24, 2.45) is 0 Å². The Hall–Kier alpha value is -2.66. The Morgan fingerprint density at radius 2 is 1.86 bits per heavy atom. The van der Waals surface area contributed by atoms with E-state index in [2.05, 4.69) is 10.2 Å². The summed E-state index contributed by atoms with van der Waals surface area (Å²) in [7, 11) is 0. The molecule has 0 bridgehead atoms. The van der Waals surface area contributed by atoms with Crippen molar-refractivity contribution in [3.8, 4) is 11.3 Å². The van der Waals surface area contributed by atoms with Crippen molar-refractivity contribution in [3.63, 3.8) is 0 Å². The van der Waals surface area contributed by atoms with Crippen molar-refractivity contribution in [2.45, 2.75) is 37.8 Å². The molecule has 0 saturated heterocycles. The highest BCUT2D eigenvalue weighted by molar-refractivity contribution is 6.30. The summed E-state index contributed by atoms with van der Waals surface area (Å²) in [6.07, 6.45) is 4.18. The first-order chi connectivity index (χ1) is 13.6. The van der Waals surface area contributed by atoms with E-state index < -0.39 is 0 Å². The summed E-state index contributed by atoms with van der Waals surface area (Å²) in [6.45, 7) is 0. The van der Waals surface area contributed by atoms with Crippen LogP contribution in [0.25, 0.3) is 11.3 Å². The SMILES string of the molecule is O=C1c2[nH]nc(-c3ccc(Cl)cc3)c2C(c2cccc(F)c2)N1C1CCCC1. The molecule has 1 N–H and O–H groups in total. The molecule has 0 spiro atoms. The number of H-pyrrole nitrogens is 1. The van der Waals surface area contributed by atoms with Crippen LogP contribution >= 0.6 is 11.6 Å². The largest absolute Gasteiger partial charge is 0.323 e. The van der Waals surface area contributed by atoms with Gasteiger partial charge in [0.2, 0.25) is 0 Å². The van der Waals surface area contributed by atoms with Crippen LogP contribution in [-0.4, -0.2) is 27.0 Å². The summed E-state index contributed by atoms with van der Waals surface area (Å²) in [5.41, 5.74) is 3.70. The molecule has 1 aliphatic carbocycles. The van der Waals surface area contributed by atoms with E-state index in [-0.39, 0.29) is 23.8 Å². The van der Waals surface area contributed by atoms with Gasteiger partial charge in [-0.2, -0.15) is 5.10 Å². The van der Waals surface area contributed by atoms with E-state index >= 15 is 0 Å². The lowest BCUT2D eigenvalue weighted by atomic mass is 9.95. The zero-order valence-electron chi connectivity index (χ0n) is 15.2. The van der Waals surface area contributed by atoms with Crippen molar-refractivity contribution >= 4 is 17.5 Å². The van der Waals surface area contributed by atoms with Crippen molar-refractivity contribution in [1.82, 2.24) is 15.1 Å². The van der Waals surface area contributed by atoms with E-state index in [0.29, 0.717) is 10.7 Å². The number of carbonyl (C=O) groups excluding carboxylic acids is 1.